The molecule has 0 saturated heterocycles. The minimum atomic E-state index is -0.245. The average molecular weight is 365 g/mol. The Hall–Kier alpha value is -3.03. The van der Waals surface area contributed by atoms with Gasteiger partial charge in [-0.05, 0) is 41.5 Å². The molecule has 26 heavy (non-hydrogen) atoms. The van der Waals surface area contributed by atoms with Crippen LogP contribution in [-0.4, -0.2) is 12.5 Å². The molecule has 0 radical (unpaired) electrons. The summed E-state index contributed by atoms with van der Waals surface area (Å²) in [5, 5.41) is 14.3. The van der Waals surface area contributed by atoms with Gasteiger partial charge in [-0.1, -0.05) is 54.1 Å². The molecule has 0 unspecified atom stereocenters. The lowest BCUT2D eigenvalue weighted by atomic mass is 10.00. The van der Waals surface area contributed by atoms with E-state index < -0.39 is 0 Å². The third-order valence-electron chi connectivity index (χ3n) is 4.09. The minimum absolute atomic E-state index is 0.152. The Balaban J connectivity index is 1.65. The van der Waals surface area contributed by atoms with Crippen molar-refractivity contribution in [3.63, 3.8) is 0 Å². The fourth-order valence-corrected chi connectivity index (χ4v) is 3.05. The third kappa shape index (κ3) is 3.96. The maximum atomic E-state index is 12.2. The summed E-state index contributed by atoms with van der Waals surface area (Å²) in [5.74, 6) is 0.129. The molecule has 1 amide bonds. The van der Waals surface area contributed by atoms with Gasteiger partial charge < -0.3 is 10.1 Å². The maximum Gasteiger partial charge on any atom is 0.258 e. The number of hydrogen-bond donors (Lipinski definition) is 1. The Bertz CT molecular complexity index is 989. The Morgan fingerprint density at radius 3 is 2.73 bits per heavy atom. The van der Waals surface area contributed by atoms with Crippen molar-refractivity contribution in [2.45, 2.75) is 13.0 Å². The van der Waals surface area contributed by atoms with E-state index in [0.29, 0.717) is 16.3 Å². The van der Waals surface area contributed by atoms with Gasteiger partial charge >= 0.3 is 0 Å². The predicted molar refractivity (Wildman–Crippen MR) is 102 cm³/mol. The fraction of sp³-hybridized carbons (Fsp3) is 0.143. The standard InChI is InChI=1S/C21H17ClN2O2/c1-14(17-8-4-6-16-5-2-3-7-18(16)17)24-21(25)13-26-20-10-9-15(12-23)11-19(20)22/h2-11,14H,13H2,1H3,(H,24,25)/t14-/m1/s1. The molecule has 3 aromatic carbocycles. The Kier molecular flexibility index (Phi) is 5.40. The van der Waals surface area contributed by atoms with Gasteiger partial charge in [0.1, 0.15) is 5.75 Å². The summed E-state index contributed by atoms with van der Waals surface area (Å²) in [6.45, 7) is 1.79. The van der Waals surface area contributed by atoms with Gasteiger partial charge in [0.15, 0.2) is 6.61 Å². The van der Waals surface area contributed by atoms with Crippen LogP contribution in [0.4, 0.5) is 0 Å². The van der Waals surface area contributed by atoms with E-state index in [2.05, 4.69) is 5.32 Å². The number of nitriles is 1. The lowest BCUT2D eigenvalue weighted by Crippen LogP contribution is -2.31. The van der Waals surface area contributed by atoms with Crippen LogP contribution >= 0.6 is 11.6 Å². The number of carbonyl (C=O) groups is 1. The van der Waals surface area contributed by atoms with Gasteiger partial charge in [-0.3, -0.25) is 4.79 Å². The zero-order valence-electron chi connectivity index (χ0n) is 14.2. The van der Waals surface area contributed by atoms with Crippen LogP contribution in [0, 0.1) is 11.3 Å². The molecule has 4 nitrogen and oxygen atoms in total. The second-order valence-electron chi connectivity index (χ2n) is 5.90. The van der Waals surface area contributed by atoms with E-state index in [1.807, 2.05) is 55.5 Å². The first-order valence-corrected chi connectivity index (χ1v) is 8.56. The Morgan fingerprint density at radius 2 is 1.96 bits per heavy atom. The predicted octanol–water partition coefficient (Wildman–Crippen LogP) is 4.62. The molecule has 0 fully saturated rings. The number of carbonyl (C=O) groups excluding carboxylic acids is 1. The molecule has 5 heteroatoms. The monoisotopic (exact) mass is 364 g/mol. The van der Waals surface area contributed by atoms with Crippen molar-refractivity contribution in [1.82, 2.24) is 5.32 Å². The molecule has 3 rings (SSSR count). The average Bonchev–Trinajstić information content (AvgIpc) is 2.66. The summed E-state index contributed by atoms with van der Waals surface area (Å²) in [7, 11) is 0. The molecule has 0 aromatic heterocycles. The van der Waals surface area contributed by atoms with Crippen LogP contribution in [0.2, 0.25) is 5.02 Å². The summed E-state index contributed by atoms with van der Waals surface area (Å²) >= 11 is 6.05. The van der Waals surface area contributed by atoms with Crippen molar-refractivity contribution in [1.29, 1.82) is 5.26 Å². The van der Waals surface area contributed by atoms with Gasteiger partial charge in [0.05, 0.1) is 22.7 Å². The van der Waals surface area contributed by atoms with Crippen molar-refractivity contribution in [2.75, 3.05) is 6.61 Å². The minimum Gasteiger partial charge on any atom is -0.482 e. The molecular formula is C21H17ClN2O2. The number of nitrogens with zero attached hydrogens (tertiary/aromatic N) is 1. The first-order valence-electron chi connectivity index (χ1n) is 8.18. The summed E-state index contributed by atoms with van der Waals surface area (Å²) in [4.78, 5) is 12.2. The zero-order valence-corrected chi connectivity index (χ0v) is 15.0. The van der Waals surface area contributed by atoms with Crippen LogP contribution in [0.15, 0.2) is 60.7 Å². The molecule has 0 saturated carbocycles. The number of hydrogen-bond acceptors (Lipinski definition) is 3. The maximum absolute atomic E-state index is 12.2. The van der Waals surface area contributed by atoms with Gasteiger partial charge in [-0.15, -0.1) is 0 Å². The molecule has 1 N–H and O–H groups in total. The normalized spacial score (nSPS) is 11.6. The van der Waals surface area contributed by atoms with Crippen LogP contribution in [0.25, 0.3) is 10.8 Å². The number of ether oxygens (including phenoxy) is 1. The fourth-order valence-electron chi connectivity index (χ4n) is 2.82. The highest BCUT2D eigenvalue weighted by Gasteiger charge is 2.13. The molecule has 0 aliphatic carbocycles. The van der Waals surface area contributed by atoms with E-state index in [1.54, 1.807) is 12.1 Å². The van der Waals surface area contributed by atoms with Gasteiger partial charge in [0, 0.05) is 0 Å². The first kappa shape index (κ1) is 17.8. The van der Waals surface area contributed by atoms with Gasteiger partial charge in [0.2, 0.25) is 0 Å². The van der Waals surface area contributed by atoms with Gasteiger partial charge in [-0.25, -0.2) is 0 Å². The number of nitrogens with one attached hydrogen (secondary N) is 1. The van der Waals surface area contributed by atoms with Crippen LogP contribution in [-0.2, 0) is 4.79 Å². The summed E-state index contributed by atoms with van der Waals surface area (Å²) in [6.07, 6.45) is 0. The molecule has 0 aliphatic rings. The number of amides is 1. The van der Waals surface area contributed by atoms with Crippen molar-refractivity contribution >= 4 is 28.3 Å². The first-order chi connectivity index (χ1) is 12.6. The molecular weight excluding hydrogens is 348 g/mol. The molecule has 3 aromatic rings. The van der Waals surface area contributed by atoms with E-state index in [-0.39, 0.29) is 18.6 Å². The van der Waals surface area contributed by atoms with Crippen LogP contribution in [0.1, 0.15) is 24.1 Å². The van der Waals surface area contributed by atoms with E-state index >= 15 is 0 Å². The van der Waals surface area contributed by atoms with Crippen molar-refractivity contribution in [3.05, 3.63) is 76.8 Å². The Labute approximate surface area is 157 Å². The Morgan fingerprint density at radius 1 is 1.19 bits per heavy atom. The summed E-state index contributed by atoms with van der Waals surface area (Å²) in [6, 6.07) is 20.6. The van der Waals surface area contributed by atoms with Crippen molar-refractivity contribution in [2.24, 2.45) is 0 Å². The highest BCUT2D eigenvalue weighted by Crippen LogP contribution is 2.26. The molecule has 0 heterocycles. The third-order valence-corrected chi connectivity index (χ3v) is 4.38. The van der Waals surface area contributed by atoms with Gasteiger partial charge in [0.25, 0.3) is 5.91 Å². The van der Waals surface area contributed by atoms with E-state index in [4.69, 9.17) is 21.6 Å². The van der Waals surface area contributed by atoms with E-state index in [0.717, 1.165) is 16.3 Å². The van der Waals surface area contributed by atoms with E-state index in [1.165, 1.54) is 6.07 Å². The lowest BCUT2D eigenvalue weighted by Gasteiger charge is -2.17. The summed E-state index contributed by atoms with van der Waals surface area (Å²) < 4.78 is 5.47. The number of fused-ring (bicyclic) bond motifs is 1. The van der Waals surface area contributed by atoms with Crippen LogP contribution in [0.3, 0.4) is 0 Å². The van der Waals surface area contributed by atoms with Crippen LogP contribution in [0.5, 0.6) is 5.75 Å². The quantitative estimate of drug-likeness (QED) is 0.718. The van der Waals surface area contributed by atoms with Crippen molar-refractivity contribution < 1.29 is 9.53 Å². The largest absolute Gasteiger partial charge is 0.482 e. The van der Waals surface area contributed by atoms with Crippen LogP contribution < -0.4 is 10.1 Å². The van der Waals surface area contributed by atoms with Gasteiger partial charge in [-0.2, -0.15) is 5.26 Å². The molecule has 0 spiro atoms. The number of benzene rings is 3. The molecule has 1 atom stereocenters. The molecule has 130 valence electrons. The summed E-state index contributed by atoms with van der Waals surface area (Å²) in [5.41, 5.74) is 1.49. The highest BCUT2D eigenvalue weighted by molar-refractivity contribution is 6.32. The lowest BCUT2D eigenvalue weighted by molar-refractivity contribution is -0.123. The van der Waals surface area contributed by atoms with Crippen molar-refractivity contribution in [3.8, 4) is 11.8 Å². The zero-order chi connectivity index (χ0) is 18.5. The molecule has 0 aliphatic heterocycles. The number of halogens is 1. The smallest absolute Gasteiger partial charge is 0.258 e. The highest BCUT2D eigenvalue weighted by atomic mass is 35.5. The van der Waals surface area contributed by atoms with E-state index in [9.17, 15) is 4.79 Å². The topological polar surface area (TPSA) is 62.1 Å². The number of rotatable bonds is 5. The second kappa shape index (κ2) is 7.90. The SMILES string of the molecule is C[C@@H](NC(=O)COc1ccc(C#N)cc1Cl)c1cccc2ccccc12. The second-order valence-corrected chi connectivity index (χ2v) is 6.31. The molecule has 0 bridgehead atoms.